The van der Waals surface area contributed by atoms with Crippen LogP contribution in [0.4, 0.5) is 0 Å². The molecule has 1 atom stereocenters. The zero-order valence-electron chi connectivity index (χ0n) is 8.43. The average molecular weight is 196 g/mol. The normalized spacial score (nSPS) is 23.1. The molecule has 0 aromatic carbocycles. The van der Waals surface area contributed by atoms with Gasteiger partial charge in [-0.15, -0.1) is 0 Å². The highest BCUT2D eigenvalue weighted by Crippen LogP contribution is 2.11. The summed E-state index contributed by atoms with van der Waals surface area (Å²) in [5, 5.41) is 13.5. The highest BCUT2D eigenvalue weighted by atomic mass is 16.3. The van der Waals surface area contributed by atoms with Gasteiger partial charge in [-0.1, -0.05) is 0 Å². The molecule has 0 saturated carbocycles. The molecule has 1 saturated heterocycles. The molecule has 5 heteroatoms. The van der Waals surface area contributed by atoms with Crippen molar-refractivity contribution in [2.75, 3.05) is 13.1 Å². The molecule has 0 aliphatic carbocycles. The predicted octanol–water partition coefficient (Wildman–Crippen LogP) is -0.135. The van der Waals surface area contributed by atoms with Gasteiger partial charge in [0, 0.05) is 19.6 Å². The van der Waals surface area contributed by atoms with Crippen molar-refractivity contribution in [2.24, 2.45) is 0 Å². The van der Waals surface area contributed by atoms with E-state index in [0.717, 1.165) is 38.4 Å². The zero-order valence-corrected chi connectivity index (χ0v) is 8.43. The summed E-state index contributed by atoms with van der Waals surface area (Å²) in [6.45, 7) is 5.42. The lowest BCUT2D eigenvalue weighted by Gasteiger charge is -2.14. The van der Waals surface area contributed by atoms with Gasteiger partial charge in [-0.3, -0.25) is 4.90 Å². The molecule has 0 radical (unpaired) electrons. The van der Waals surface area contributed by atoms with Crippen molar-refractivity contribution >= 4 is 0 Å². The van der Waals surface area contributed by atoms with E-state index in [9.17, 15) is 5.11 Å². The molecule has 1 aliphatic heterocycles. The third-order valence-corrected chi connectivity index (χ3v) is 2.61. The highest BCUT2D eigenvalue weighted by molar-refractivity contribution is 4.87. The molecule has 78 valence electrons. The van der Waals surface area contributed by atoms with Crippen LogP contribution in [0, 0.1) is 0 Å². The number of hydrogen-bond acceptors (Lipinski definition) is 4. The third kappa shape index (κ3) is 1.93. The van der Waals surface area contributed by atoms with E-state index >= 15 is 0 Å². The molecule has 14 heavy (non-hydrogen) atoms. The summed E-state index contributed by atoms with van der Waals surface area (Å²) in [6, 6.07) is 0. The van der Waals surface area contributed by atoms with Crippen LogP contribution in [0.15, 0.2) is 6.33 Å². The number of aliphatic hydroxyl groups excluding tert-OH is 1. The summed E-state index contributed by atoms with van der Waals surface area (Å²) >= 11 is 0. The second-order valence-electron chi connectivity index (χ2n) is 3.67. The lowest BCUT2D eigenvalue weighted by Crippen LogP contribution is -2.23. The summed E-state index contributed by atoms with van der Waals surface area (Å²) < 4.78 is 1.89. The first-order valence-electron chi connectivity index (χ1n) is 5.06. The highest BCUT2D eigenvalue weighted by Gasteiger charge is 2.21. The standard InChI is InChI=1S/C9H16N4O/c1-2-13-9(10-7-11-13)6-12-4-3-8(14)5-12/h7-8,14H,2-6H2,1H3/t8-/m0/s1. The van der Waals surface area contributed by atoms with Crippen LogP contribution in [-0.4, -0.2) is 44.0 Å². The number of hydrogen-bond donors (Lipinski definition) is 1. The lowest BCUT2D eigenvalue weighted by atomic mass is 10.3. The van der Waals surface area contributed by atoms with Crippen molar-refractivity contribution in [1.29, 1.82) is 0 Å². The van der Waals surface area contributed by atoms with Crippen molar-refractivity contribution in [2.45, 2.75) is 32.5 Å². The minimum atomic E-state index is -0.159. The molecule has 0 amide bonds. The number of β-amino-alcohol motifs (C(OH)–C–C–N with tert-alkyl or cyclic N) is 1. The quantitative estimate of drug-likeness (QED) is 0.731. The molecule has 1 aromatic heterocycles. The smallest absolute Gasteiger partial charge is 0.140 e. The van der Waals surface area contributed by atoms with Gasteiger partial charge in [0.15, 0.2) is 0 Å². The van der Waals surface area contributed by atoms with Gasteiger partial charge in [0.05, 0.1) is 12.6 Å². The Morgan fingerprint density at radius 2 is 2.50 bits per heavy atom. The minimum Gasteiger partial charge on any atom is -0.392 e. The molecule has 0 spiro atoms. The maximum atomic E-state index is 9.37. The SMILES string of the molecule is CCn1ncnc1CN1CC[C@H](O)C1. The predicted molar refractivity (Wildman–Crippen MR) is 51.6 cm³/mol. The van der Waals surface area contributed by atoms with E-state index in [4.69, 9.17) is 0 Å². The van der Waals surface area contributed by atoms with E-state index in [1.165, 1.54) is 0 Å². The summed E-state index contributed by atoms with van der Waals surface area (Å²) in [4.78, 5) is 6.41. The molecule has 0 bridgehead atoms. The zero-order chi connectivity index (χ0) is 9.97. The van der Waals surface area contributed by atoms with E-state index in [0.29, 0.717) is 0 Å². The molecule has 1 aliphatic rings. The fraction of sp³-hybridized carbons (Fsp3) is 0.778. The number of nitrogens with zero attached hydrogens (tertiary/aromatic N) is 4. The van der Waals surface area contributed by atoms with E-state index in [2.05, 4.69) is 21.9 Å². The number of aromatic nitrogens is 3. The van der Waals surface area contributed by atoms with Crippen LogP contribution < -0.4 is 0 Å². The van der Waals surface area contributed by atoms with Gasteiger partial charge in [0.25, 0.3) is 0 Å². The lowest BCUT2D eigenvalue weighted by molar-refractivity contribution is 0.173. The van der Waals surface area contributed by atoms with Crippen LogP contribution in [0.1, 0.15) is 19.2 Å². The fourth-order valence-corrected chi connectivity index (χ4v) is 1.83. The Kier molecular flexibility index (Phi) is 2.79. The van der Waals surface area contributed by atoms with Crippen molar-refractivity contribution in [3.05, 3.63) is 12.2 Å². The molecule has 1 fully saturated rings. The molecule has 0 unspecified atom stereocenters. The Morgan fingerprint density at radius 3 is 3.14 bits per heavy atom. The molecular weight excluding hydrogens is 180 g/mol. The number of aliphatic hydroxyl groups is 1. The fourth-order valence-electron chi connectivity index (χ4n) is 1.83. The van der Waals surface area contributed by atoms with Gasteiger partial charge < -0.3 is 5.11 Å². The van der Waals surface area contributed by atoms with Crippen LogP contribution in [0.5, 0.6) is 0 Å². The Bertz CT molecular complexity index is 299. The van der Waals surface area contributed by atoms with Gasteiger partial charge in [-0.2, -0.15) is 5.10 Å². The van der Waals surface area contributed by atoms with Gasteiger partial charge in [0.1, 0.15) is 12.2 Å². The second kappa shape index (κ2) is 4.06. The van der Waals surface area contributed by atoms with Crippen LogP contribution >= 0.6 is 0 Å². The van der Waals surface area contributed by atoms with Crippen molar-refractivity contribution in [3.8, 4) is 0 Å². The van der Waals surface area contributed by atoms with Crippen molar-refractivity contribution in [1.82, 2.24) is 19.7 Å². The van der Waals surface area contributed by atoms with Crippen molar-refractivity contribution in [3.63, 3.8) is 0 Å². The number of aryl methyl sites for hydroxylation is 1. The Labute approximate surface area is 83.4 Å². The maximum absolute atomic E-state index is 9.37. The van der Waals surface area contributed by atoms with Gasteiger partial charge in [-0.05, 0) is 13.3 Å². The van der Waals surface area contributed by atoms with Crippen LogP contribution in [0.3, 0.4) is 0 Å². The monoisotopic (exact) mass is 196 g/mol. The van der Waals surface area contributed by atoms with Crippen molar-refractivity contribution < 1.29 is 5.11 Å². The Hall–Kier alpha value is -0.940. The van der Waals surface area contributed by atoms with Crippen LogP contribution in [0.2, 0.25) is 0 Å². The summed E-state index contributed by atoms with van der Waals surface area (Å²) in [6.07, 6.45) is 2.30. The largest absolute Gasteiger partial charge is 0.392 e. The molecule has 1 aromatic rings. The summed E-state index contributed by atoms with van der Waals surface area (Å²) in [7, 11) is 0. The maximum Gasteiger partial charge on any atom is 0.140 e. The van der Waals surface area contributed by atoms with E-state index in [1.54, 1.807) is 6.33 Å². The summed E-state index contributed by atoms with van der Waals surface area (Å²) in [5.41, 5.74) is 0. The Morgan fingerprint density at radius 1 is 1.64 bits per heavy atom. The molecule has 2 heterocycles. The molecule has 1 N–H and O–H groups in total. The second-order valence-corrected chi connectivity index (χ2v) is 3.67. The van der Waals surface area contributed by atoms with Crippen LogP contribution in [-0.2, 0) is 13.1 Å². The van der Waals surface area contributed by atoms with E-state index < -0.39 is 0 Å². The number of likely N-dealkylation sites (tertiary alicyclic amines) is 1. The first-order chi connectivity index (χ1) is 6.79. The van der Waals surface area contributed by atoms with Gasteiger partial charge in [0.2, 0.25) is 0 Å². The third-order valence-electron chi connectivity index (χ3n) is 2.61. The van der Waals surface area contributed by atoms with Gasteiger partial charge >= 0.3 is 0 Å². The topological polar surface area (TPSA) is 54.2 Å². The average Bonchev–Trinajstić information content (AvgIpc) is 2.76. The van der Waals surface area contributed by atoms with Gasteiger partial charge in [-0.25, -0.2) is 9.67 Å². The van der Waals surface area contributed by atoms with E-state index in [-0.39, 0.29) is 6.10 Å². The first kappa shape index (κ1) is 9.61. The molecular formula is C9H16N4O. The molecule has 5 nitrogen and oxygen atoms in total. The number of rotatable bonds is 3. The van der Waals surface area contributed by atoms with Crippen LogP contribution in [0.25, 0.3) is 0 Å². The van der Waals surface area contributed by atoms with E-state index in [1.807, 2.05) is 4.68 Å². The summed E-state index contributed by atoms with van der Waals surface area (Å²) in [5.74, 6) is 0.988. The molecule has 2 rings (SSSR count). The minimum absolute atomic E-state index is 0.159. The first-order valence-corrected chi connectivity index (χ1v) is 5.06. The Balaban J connectivity index is 1.97.